The van der Waals surface area contributed by atoms with Crippen LogP contribution in [0.3, 0.4) is 0 Å². The minimum absolute atomic E-state index is 0.182. The molecule has 0 amide bonds. The van der Waals surface area contributed by atoms with Gasteiger partial charge in [0.25, 0.3) is 5.56 Å². The highest BCUT2D eigenvalue weighted by Gasteiger charge is 2.10. The van der Waals surface area contributed by atoms with Gasteiger partial charge < -0.3 is 9.67 Å². The molecule has 0 saturated heterocycles. The van der Waals surface area contributed by atoms with Crippen molar-refractivity contribution in [2.75, 3.05) is 0 Å². The minimum Gasteiger partial charge on any atom is -0.478 e. The molecule has 0 unspecified atom stereocenters. The van der Waals surface area contributed by atoms with E-state index >= 15 is 0 Å². The van der Waals surface area contributed by atoms with Crippen molar-refractivity contribution in [1.29, 1.82) is 0 Å². The molecular weight excluding hydrogens is 302 g/mol. The minimum atomic E-state index is -0.943. The zero-order chi connectivity index (χ0) is 16.3. The molecule has 5 heteroatoms. The summed E-state index contributed by atoms with van der Waals surface area (Å²) < 4.78 is 1.69. The van der Waals surface area contributed by atoms with Crippen LogP contribution in [0.25, 0.3) is 0 Å². The first-order valence-corrected chi connectivity index (χ1v) is 7.53. The number of hydrogen-bond donors (Lipinski definition) is 1. The smallest absolute Gasteiger partial charge is 0.335 e. The fourth-order valence-corrected chi connectivity index (χ4v) is 2.69. The molecule has 1 N–H and O–H groups in total. The summed E-state index contributed by atoms with van der Waals surface area (Å²) in [5, 5.41) is 9.12. The van der Waals surface area contributed by atoms with Gasteiger partial charge in [0.1, 0.15) is 5.02 Å². The first-order valence-electron chi connectivity index (χ1n) is 7.15. The molecule has 0 aliphatic heterocycles. The maximum Gasteiger partial charge on any atom is 0.335 e. The fourth-order valence-electron chi connectivity index (χ4n) is 2.46. The summed E-state index contributed by atoms with van der Waals surface area (Å²) in [5.74, 6) is -0.943. The van der Waals surface area contributed by atoms with Gasteiger partial charge in [-0.25, -0.2) is 4.79 Å². The van der Waals surface area contributed by atoms with Crippen molar-refractivity contribution in [3.05, 3.63) is 68.1 Å². The van der Waals surface area contributed by atoms with Crippen LogP contribution in [-0.2, 0) is 19.4 Å². The number of rotatable bonds is 5. The highest BCUT2D eigenvalue weighted by atomic mass is 35.5. The Kier molecular flexibility index (Phi) is 5.03. The Labute approximate surface area is 134 Å². The Bertz CT molecular complexity index is 748. The lowest BCUT2D eigenvalue weighted by molar-refractivity contribution is 0.0697. The van der Waals surface area contributed by atoms with Crippen LogP contribution < -0.4 is 5.56 Å². The van der Waals surface area contributed by atoms with Crippen LogP contribution in [0.2, 0.25) is 5.02 Å². The van der Waals surface area contributed by atoms with Crippen LogP contribution in [0.4, 0.5) is 0 Å². The van der Waals surface area contributed by atoms with E-state index in [1.54, 1.807) is 34.9 Å². The number of carboxylic acid groups (broad SMARTS) is 1. The SMILES string of the molecule is CCc1cc(Cl)c(=O)n(CCc2ccc(C(=O)O)cc2)c1C. The molecule has 22 heavy (non-hydrogen) atoms. The largest absolute Gasteiger partial charge is 0.478 e. The van der Waals surface area contributed by atoms with Crippen molar-refractivity contribution in [1.82, 2.24) is 4.57 Å². The maximum absolute atomic E-state index is 12.2. The molecule has 0 saturated carbocycles. The van der Waals surface area contributed by atoms with Gasteiger partial charge >= 0.3 is 5.97 Å². The summed E-state index contributed by atoms with van der Waals surface area (Å²) in [5.41, 5.74) is 3.05. The summed E-state index contributed by atoms with van der Waals surface area (Å²) in [6.45, 7) is 4.47. The van der Waals surface area contributed by atoms with Crippen LogP contribution in [-0.4, -0.2) is 15.6 Å². The number of aromatic nitrogens is 1. The summed E-state index contributed by atoms with van der Waals surface area (Å²) in [6.07, 6.45) is 1.46. The highest BCUT2D eigenvalue weighted by molar-refractivity contribution is 6.30. The zero-order valence-corrected chi connectivity index (χ0v) is 13.4. The van der Waals surface area contributed by atoms with E-state index in [0.717, 1.165) is 23.2 Å². The second kappa shape index (κ2) is 6.79. The molecule has 2 rings (SSSR count). The van der Waals surface area contributed by atoms with E-state index in [0.29, 0.717) is 13.0 Å². The van der Waals surface area contributed by atoms with Crippen LogP contribution in [0, 0.1) is 6.92 Å². The second-order valence-corrected chi connectivity index (χ2v) is 5.57. The standard InChI is InChI=1S/C17H18ClNO3/c1-3-13-10-15(18)16(20)19(11(13)2)9-8-12-4-6-14(7-5-12)17(21)22/h4-7,10H,3,8-9H2,1-2H3,(H,21,22). The normalized spacial score (nSPS) is 10.7. The third-order valence-corrected chi connectivity index (χ3v) is 4.10. The van der Waals surface area contributed by atoms with Gasteiger partial charge in [0, 0.05) is 12.2 Å². The molecule has 0 aliphatic rings. The predicted molar refractivity (Wildman–Crippen MR) is 86.9 cm³/mol. The van der Waals surface area contributed by atoms with Crippen molar-refractivity contribution < 1.29 is 9.90 Å². The third kappa shape index (κ3) is 3.39. The van der Waals surface area contributed by atoms with Gasteiger partial charge in [0.15, 0.2) is 0 Å². The number of benzene rings is 1. The molecule has 0 bridgehead atoms. The zero-order valence-electron chi connectivity index (χ0n) is 12.6. The Morgan fingerprint density at radius 2 is 1.91 bits per heavy atom. The molecule has 0 aliphatic carbocycles. The van der Waals surface area contributed by atoms with E-state index in [9.17, 15) is 9.59 Å². The van der Waals surface area contributed by atoms with Crippen LogP contribution in [0.1, 0.15) is 34.1 Å². The van der Waals surface area contributed by atoms with Gasteiger partial charge in [-0.2, -0.15) is 0 Å². The van der Waals surface area contributed by atoms with E-state index in [1.807, 2.05) is 13.8 Å². The van der Waals surface area contributed by atoms with Gasteiger partial charge in [0.2, 0.25) is 0 Å². The summed E-state index contributed by atoms with van der Waals surface area (Å²) in [7, 11) is 0. The summed E-state index contributed by atoms with van der Waals surface area (Å²) in [4.78, 5) is 23.0. The Hall–Kier alpha value is -2.07. The lowest BCUT2D eigenvalue weighted by atomic mass is 10.1. The van der Waals surface area contributed by atoms with E-state index in [1.165, 1.54) is 0 Å². The van der Waals surface area contributed by atoms with Crippen LogP contribution in [0.5, 0.6) is 0 Å². The Morgan fingerprint density at radius 1 is 1.27 bits per heavy atom. The molecule has 0 fully saturated rings. The molecule has 0 radical (unpaired) electrons. The molecule has 0 spiro atoms. The average molecular weight is 320 g/mol. The number of halogens is 1. The monoisotopic (exact) mass is 319 g/mol. The topological polar surface area (TPSA) is 59.3 Å². The lowest BCUT2D eigenvalue weighted by Gasteiger charge is -2.14. The van der Waals surface area contributed by atoms with Gasteiger partial charge in [-0.15, -0.1) is 0 Å². The quantitative estimate of drug-likeness (QED) is 0.919. The van der Waals surface area contributed by atoms with E-state index in [-0.39, 0.29) is 16.1 Å². The first kappa shape index (κ1) is 16.3. The lowest BCUT2D eigenvalue weighted by Crippen LogP contribution is -2.25. The second-order valence-electron chi connectivity index (χ2n) is 5.17. The van der Waals surface area contributed by atoms with Crippen molar-refractivity contribution >= 4 is 17.6 Å². The third-order valence-electron chi connectivity index (χ3n) is 3.83. The molecule has 4 nitrogen and oxygen atoms in total. The Morgan fingerprint density at radius 3 is 2.45 bits per heavy atom. The highest BCUT2D eigenvalue weighted by Crippen LogP contribution is 2.13. The number of hydrogen-bond acceptors (Lipinski definition) is 2. The molecule has 1 heterocycles. The first-order chi connectivity index (χ1) is 10.4. The number of carbonyl (C=O) groups is 1. The number of pyridine rings is 1. The van der Waals surface area contributed by atoms with Gasteiger partial charge in [-0.1, -0.05) is 30.7 Å². The average Bonchev–Trinajstić information content (AvgIpc) is 2.51. The van der Waals surface area contributed by atoms with Gasteiger partial charge in [0.05, 0.1) is 5.56 Å². The van der Waals surface area contributed by atoms with Crippen LogP contribution in [0.15, 0.2) is 35.1 Å². The molecule has 2 aromatic rings. The molecular formula is C17H18ClNO3. The Balaban J connectivity index is 2.23. The van der Waals surface area contributed by atoms with Crippen molar-refractivity contribution in [3.8, 4) is 0 Å². The maximum atomic E-state index is 12.2. The van der Waals surface area contributed by atoms with Crippen molar-refractivity contribution in [2.24, 2.45) is 0 Å². The summed E-state index contributed by atoms with van der Waals surface area (Å²) >= 11 is 6.01. The number of aryl methyl sites for hydroxylation is 2. The summed E-state index contributed by atoms with van der Waals surface area (Å²) in [6, 6.07) is 8.42. The van der Waals surface area contributed by atoms with Crippen molar-refractivity contribution in [2.45, 2.75) is 33.2 Å². The fraction of sp³-hybridized carbons (Fsp3) is 0.294. The van der Waals surface area contributed by atoms with Crippen LogP contribution >= 0.6 is 11.6 Å². The van der Waals surface area contributed by atoms with E-state index < -0.39 is 5.97 Å². The van der Waals surface area contributed by atoms with E-state index in [2.05, 4.69) is 0 Å². The molecule has 116 valence electrons. The van der Waals surface area contributed by atoms with E-state index in [4.69, 9.17) is 16.7 Å². The van der Waals surface area contributed by atoms with Crippen molar-refractivity contribution in [3.63, 3.8) is 0 Å². The molecule has 1 aromatic heterocycles. The van der Waals surface area contributed by atoms with Gasteiger partial charge in [-0.3, -0.25) is 4.79 Å². The molecule has 1 aromatic carbocycles. The van der Waals surface area contributed by atoms with Gasteiger partial charge in [-0.05, 0) is 49.1 Å². The number of aromatic carboxylic acids is 1. The number of carboxylic acids is 1. The number of nitrogens with zero attached hydrogens (tertiary/aromatic N) is 1. The predicted octanol–water partition coefficient (Wildman–Crippen LogP) is 3.31. The molecule has 0 atom stereocenters.